The molecule has 0 fully saturated rings. The third-order valence-corrected chi connectivity index (χ3v) is 2.12. The molecule has 3 heteroatoms. The van der Waals surface area contributed by atoms with E-state index in [1.807, 2.05) is 0 Å². The van der Waals surface area contributed by atoms with Gasteiger partial charge in [0.15, 0.2) is 0 Å². The first kappa shape index (κ1) is 10.2. The second-order valence-electron chi connectivity index (χ2n) is 3.03. The summed E-state index contributed by atoms with van der Waals surface area (Å²) in [6.07, 6.45) is 0. The van der Waals surface area contributed by atoms with Crippen molar-refractivity contribution in [1.82, 2.24) is 5.32 Å². The molecule has 1 atom stereocenters. The van der Waals surface area contributed by atoms with Crippen LogP contribution in [0.5, 0.6) is 0 Å². The molecule has 0 aliphatic heterocycles. The fourth-order valence-electron chi connectivity index (χ4n) is 1.25. The van der Waals surface area contributed by atoms with Crippen LogP contribution in [0.1, 0.15) is 17.2 Å². The van der Waals surface area contributed by atoms with E-state index >= 15 is 0 Å². The van der Waals surface area contributed by atoms with E-state index in [2.05, 4.69) is 5.32 Å². The molecule has 0 amide bonds. The van der Waals surface area contributed by atoms with Gasteiger partial charge in [-0.05, 0) is 31.2 Å². The van der Waals surface area contributed by atoms with Crippen molar-refractivity contribution in [3.63, 3.8) is 0 Å². The molecule has 0 bridgehead atoms. The molecular weight excluding hydrogens is 169 g/mol. The van der Waals surface area contributed by atoms with Crippen LogP contribution in [0.25, 0.3) is 0 Å². The van der Waals surface area contributed by atoms with Crippen molar-refractivity contribution in [2.45, 2.75) is 13.0 Å². The summed E-state index contributed by atoms with van der Waals surface area (Å²) in [7, 11) is 1.76. The highest BCUT2D eigenvalue weighted by Crippen LogP contribution is 2.15. The van der Waals surface area contributed by atoms with Gasteiger partial charge in [0, 0.05) is 0 Å². The van der Waals surface area contributed by atoms with Crippen LogP contribution in [0.2, 0.25) is 0 Å². The number of rotatable bonds is 3. The monoisotopic (exact) mass is 183 g/mol. The number of aryl methyl sites for hydroxylation is 1. The summed E-state index contributed by atoms with van der Waals surface area (Å²) in [5.74, 6) is -0.212. The highest BCUT2D eigenvalue weighted by molar-refractivity contribution is 5.26. The molecule has 0 aliphatic rings. The van der Waals surface area contributed by atoms with Gasteiger partial charge in [-0.15, -0.1) is 0 Å². The van der Waals surface area contributed by atoms with Crippen LogP contribution in [-0.2, 0) is 0 Å². The minimum atomic E-state index is -0.212. The average molecular weight is 183 g/mol. The zero-order valence-electron chi connectivity index (χ0n) is 7.84. The predicted molar refractivity (Wildman–Crippen MR) is 50.0 cm³/mol. The van der Waals surface area contributed by atoms with Gasteiger partial charge in [-0.2, -0.15) is 0 Å². The molecule has 0 saturated heterocycles. The normalized spacial score (nSPS) is 12.9. The Kier molecular flexibility index (Phi) is 3.39. The number of benzene rings is 1. The van der Waals surface area contributed by atoms with Gasteiger partial charge in [0.25, 0.3) is 0 Å². The van der Waals surface area contributed by atoms with Gasteiger partial charge in [0.1, 0.15) is 5.82 Å². The van der Waals surface area contributed by atoms with E-state index in [-0.39, 0.29) is 18.5 Å². The quantitative estimate of drug-likeness (QED) is 0.742. The van der Waals surface area contributed by atoms with Gasteiger partial charge >= 0.3 is 0 Å². The van der Waals surface area contributed by atoms with E-state index < -0.39 is 0 Å². The van der Waals surface area contributed by atoms with Gasteiger partial charge in [-0.3, -0.25) is 0 Å². The lowest BCUT2D eigenvalue weighted by Gasteiger charge is -2.13. The van der Waals surface area contributed by atoms with Crippen LogP contribution in [0, 0.1) is 12.7 Å². The Bertz CT molecular complexity index is 284. The third kappa shape index (κ3) is 2.26. The van der Waals surface area contributed by atoms with Crippen molar-refractivity contribution >= 4 is 0 Å². The smallest absolute Gasteiger partial charge is 0.126 e. The van der Waals surface area contributed by atoms with Crippen LogP contribution in [0.3, 0.4) is 0 Å². The Morgan fingerprint density at radius 2 is 2.23 bits per heavy atom. The first-order valence-corrected chi connectivity index (χ1v) is 4.23. The third-order valence-electron chi connectivity index (χ3n) is 2.12. The van der Waals surface area contributed by atoms with Crippen LogP contribution in [-0.4, -0.2) is 18.8 Å². The number of halogens is 1. The maximum absolute atomic E-state index is 12.9. The van der Waals surface area contributed by atoms with Crippen molar-refractivity contribution in [3.8, 4) is 0 Å². The highest BCUT2D eigenvalue weighted by atomic mass is 19.1. The lowest BCUT2D eigenvalue weighted by molar-refractivity contribution is 0.251. The maximum atomic E-state index is 12.9. The fraction of sp³-hybridized carbons (Fsp3) is 0.400. The summed E-state index contributed by atoms with van der Waals surface area (Å²) >= 11 is 0. The molecule has 2 nitrogen and oxygen atoms in total. The first-order chi connectivity index (χ1) is 6.19. The SMILES string of the molecule is CN[C@@H](CO)c1ccc(F)c(C)c1. The van der Waals surface area contributed by atoms with E-state index in [0.29, 0.717) is 5.56 Å². The Hall–Kier alpha value is -0.930. The summed E-state index contributed by atoms with van der Waals surface area (Å²) in [4.78, 5) is 0. The molecule has 0 spiro atoms. The largest absolute Gasteiger partial charge is 0.394 e. The molecule has 1 aromatic rings. The number of aliphatic hydroxyl groups excluding tert-OH is 1. The molecule has 72 valence electrons. The molecule has 1 rings (SSSR count). The Balaban J connectivity index is 2.95. The lowest BCUT2D eigenvalue weighted by Crippen LogP contribution is -2.20. The van der Waals surface area contributed by atoms with Crippen molar-refractivity contribution in [2.24, 2.45) is 0 Å². The summed E-state index contributed by atoms with van der Waals surface area (Å²) in [5.41, 5.74) is 1.51. The topological polar surface area (TPSA) is 32.3 Å². The second-order valence-corrected chi connectivity index (χ2v) is 3.03. The molecule has 0 saturated carbocycles. The van der Waals surface area contributed by atoms with E-state index in [4.69, 9.17) is 5.11 Å². The van der Waals surface area contributed by atoms with Crippen molar-refractivity contribution in [3.05, 3.63) is 35.1 Å². The van der Waals surface area contributed by atoms with Crippen LogP contribution in [0.15, 0.2) is 18.2 Å². The van der Waals surface area contributed by atoms with Gasteiger partial charge in [-0.1, -0.05) is 12.1 Å². The standard InChI is InChI=1S/C10H14FNO/c1-7-5-8(3-4-9(7)11)10(6-13)12-2/h3-5,10,12-13H,6H2,1-2H3/t10-/m0/s1. The second kappa shape index (κ2) is 4.35. The Labute approximate surface area is 77.4 Å². The van der Waals surface area contributed by atoms with E-state index in [1.54, 1.807) is 26.1 Å². The summed E-state index contributed by atoms with van der Waals surface area (Å²) < 4.78 is 12.9. The van der Waals surface area contributed by atoms with Crippen molar-refractivity contribution < 1.29 is 9.50 Å². The minimum Gasteiger partial charge on any atom is -0.394 e. The number of likely N-dealkylation sites (N-methyl/N-ethyl adjacent to an activating group) is 1. The molecule has 0 radical (unpaired) electrons. The minimum absolute atomic E-state index is 0.0154. The van der Waals surface area contributed by atoms with Crippen LogP contribution >= 0.6 is 0 Å². The summed E-state index contributed by atoms with van der Waals surface area (Å²) in [6, 6.07) is 4.73. The molecule has 0 heterocycles. The van der Waals surface area contributed by atoms with Gasteiger partial charge in [0.05, 0.1) is 12.6 Å². The highest BCUT2D eigenvalue weighted by Gasteiger charge is 2.08. The molecule has 13 heavy (non-hydrogen) atoms. The number of nitrogens with one attached hydrogen (secondary N) is 1. The van der Waals surface area contributed by atoms with E-state index in [1.165, 1.54) is 6.07 Å². The van der Waals surface area contributed by atoms with Gasteiger partial charge < -0.3 is 10.4 Å². The van der Waals surface area contributed by atoms with Gasteiger partial charge in [-0.25, -0.2) is 4.39 Å². The predicted octanol–water partition coefficient (Wildman–Crippen LogP) is 1.39. The lowest BCUT2D eigenvalue weighted by atomic mass is 10.1. The fourth-order valence-corrected chi connectivity index (χ4v) is 1.25. The van der Waals surface area contributed by atoms with Crippen molar-refractivity contribution in [1.29, 1.82) is 0 Å². The molecule has 0 aliphatic carbocycles. The van der Waals surface area contributed by atoms with Crippen LogP contribution < -0.4 is 5.32 Å². The van der Waals surface area contributed by atoms with E-state index in [9.17, 15) is 4.39 Å². The first-order valence-electron chi connectivity index (χ1n) is 4.23. The van der Waals surface area contributed by atoms with E-state index in [0.717, 1.165) is 5.56 Å². The molecule has 0 aromatic heterocycles. The number of aliphatic hydroxyl groups is 1. The number of hydrogen-bond donors (Lipinski definition) is 2. The summed E-state index contributed by atoms with van der Waals surface area (Å²) in [6.45, 7) is 1.73. The van der Waals surface area contributed by atoms with Crippen LogP contribution in [0.4, 0.5) is 4.39 Å². The van der Waals surface area contributed by atoms with Gasteiger partial charge in [0.2, 0.25) is 0 Å². The summed E-state index contributed by atoms with van der Waals surface area (Å²) in [5, 5.41) is 11.9. The Morgan fingerprint density at radius 3 is 2.69 bits per heavy atom. The zero-order chi connectivity index (χ0) is 9.84. The maximum Gasteiger partial charge on any atom is 0.126 e. The molecule has 1 aromatic carbocycles. The Morgan fingerprint density at radius 1 is 1.54 bits per heavy atom. The molecule has 0 unspecified atom stereocenters. The van der Waals surface area contributed by atoms with Crippen molar-refractivity contribution in [2.75, 3.05) is 13.7 Å². The average Bonchev–Trinajstić information content (AvgIpc) is 2.13. The molecular formula is C10H14FNO. The number of hydrogen-bond acceptors (Lipinski definition) is 2. The zero-order valence-corrected chi connectivity index (χ0v) is 7.84. The molecule has 2 N–H and O–H groups in total.